The first-order chi connectivity index (χ1) is 28.7. The molecule has 6 heterocycles. The number of rotatable bonds is 10. The van der Waals surface area contributed by atoms with E-state index >= 15 is 0 Å². The van der Waals surface area contributed by atoms with Crippen LogP contribution >= 0.6 is 0 Å². The Morgan fingerprint density at radius 3 is 2.27 bits per heavy atom. The van der Waals surface area contributed by atoms with Crippen LogP contribution in [0, 0.1) is 17.8 Å². The Balaban J connectivity index is 0.758. The Kier molecular flexibility index (Phi) is 10.0. The lowest BCUT2D eigenvalue weighted by Crippen LogP contribution is -2.54. The van der Waals surface area contributed by atoms with Crippen molar-refractivity contribution in [2.24, 2.45) is 23.5 Å². The van der Waals surface area contributed by atoms with Crippen LogP contribution in [0.15, 0.2) is 53.6 Å². The van der Waals surface area contributed by atoms with E-state index in [1.54, 1.807) is 24.3 Å². The number of sulfone groups is 1. The van der Waals surface area contributed by atoms with Gasteiger partial charge in [-0.3, -0.25) is 43.9 Å². The van der Waals surface area contributed by atoms with E-state index in [0.29, 0.717) is 42.5 Å². The topological polar surface area (TPSA) is 237 Å². The second-order valence-corrected chi connectivity index (χ2v) is 18.7. The van der Waals surface area contributed by atoms with E-state index in [1.165, 1.54) is 18.3 Å². The average Bonchev–Trinajstić information content (AvgIpc) is 3.62. The minimum Gasteiger partial charge on any atom is -0.371 e. The van der Waals surface area contributed by atoms with Crippen LogP contribution in [0.1, 0.15) is 69.7 Å². The number of nitrogens with two attached hydrogens (primary N) is 1. The van der Waals surface area contributed by atoms with Gasteiger partial charge in [-0.2, -0.15) is 0 Å². The third-order valence-corrected chi connectivity index (χ3v) is 14.1. The number of imide groups is 2. The molecule has 3 aromatic rings. The van der Waals surface area contributed by atoms with Crippen LogP contribution in [0.4, 0.5) is 23.0 Å². The molecule has 5 fully saturated rings. The monoisotopic (exact) mass is 838 g/mol. The van der Waals surface area contributed by atoms with Gasteiger partial charge in [0.2, 0.25) is 17.7 Å². The molecular formula is C41H46N10O8S. The van der Waals surface area contributed by atoms with E-state index in [-0.39, 0.29) is 58.2 Å². The van der Waals surface area contributed by atoms with Crippen molar-refractivity contribution in [1.29, 1.82) is 0 Å². The largest absolute Gasteiger partial charge is 0.371 e. The van der Waals surface area contributed by atoms with Crippen molar-refractivity contribution >= 4 is 68.3 Å². The molecule has 2 aromatic carbocycles. The number of fused-ring (bicyclic) bond motifs is 2. The van der Waals surface area contributed by atoms with Crippen LogP contribution in [-0.4, -0.2) is 127 Å². The van der Waals surface area contributed by atoms with Crippen molar-refractivity contribution in [3.8, 4) is 0 Å². The van der Waals surface area contributed by atoms with Gasteiger partial charge < -0.3 is 26.2 Å². The lowest BCUT2D eigenvalue weighted by Gasteiger charge is -2.39. The summed E-state index contributed by atoms with van der Waals surface area (Å²) in [4.78, 5) is 93.3. The van der Waals surface area contributed by atoms with E-state index in [9.17, 15) is 37.2 Å². The molecule has 1 aliphatic carbocycles. The highest BCUT2D eigenvalue weighted by Crippen LogP contribution is 2.53. The van der Waals surface area contributed by atoms with Gasteiger partial charge in [0.15, 0.2) is 21.3 Å². The number of nitrogens with zero attached hydrogens (tertiary/aromatic N) is 6. The molecular weight excluding hydrogens is 793 g/mol. The van der Waals surface area contributed by atoms with Crippen molar-refractivity contribution in [3.05, 3.63) is 65.5 Å². The molecule has 0 bridgehead atoms. The fourth-order valence-electron chi connectivity index (χ4n) is 9.71. The highest BCUT2D eigenvalue weighted by molar-refractivity contribution is 7.90. The number of carbonyl (C=O) groups is 6. The van der Waals surface area contributed by atoms with Crippen molar-refractivity contribution < 1.29 is 37.2 Å². The van der Waals surface area contributed by atoms with Crippen LogP contribution < -0.4 is 31.5 Å². The van der Waals surface area contributed by atoms with Gasteiger partial charge in [-0.05, 0) is 86.4 Å². The van der Waals surface area contributed by atoms with Crippen molar-refractivity contribution in [1.82, 2.24) is 30.4 Å². The van der Waals surface area contributed by atoms with Crippen LogP contribution in [0.25, 0.3) is 0 Å². The summed E-state index contributed by atoms with van der Waals surface area (Å²) in [5.74, 6) is -1.43. The normalized spacial score (nSPS) is 25.8. The molecule has 19 heteroatoms. The molecule has 314 valence electrons. The van der Waals surface area contributed by atoms with Crippen LogP contribution in [-0.2, 0) is 24.2 Å². The van der Waals surface area contributed by atoms with Crippen molar-refractivity contribution in [2.75, 3.05) is 60.6 Å². The summed E-state index contributed by atoms with van der Waals surface area (Å²) in [5, 5.41) is 8.58. The van der Waals surface area contributed by atoms with Gasteiger partial charge in [0.1, 0.15) is 11.9 Å². The van der Waals surface area contributed by atoms with E-state index in [1.807, 2.05) is 11.0 Å². The molecule has 4 atom stereocenters. The SMILES string of the molecule is CS(=O)(=O)c1ccc(Nc2nc(N3CCCC(NC(=O)C4C5CN(C6CCN(c7ccc8c(c7)C(=O)N(C7CCC(=O)NC7=O)C8=O)CC6)CC54)C3)cnc2C(N)=O)cc1. The molecule has 0 spiro atoms. The molecule has 5 N–H and O–H groups in total. The Bertz CT molecular complexity index is 2410. The van der Waals surface area contributed by atoms with Crippen LogP contribution in [0.5, 0.6) is 0 Å². The summed E-state index contributed by atoms with van der Waals surface area (Å²) in [6.07, 6.45) is 6.32. The standard InChI is InChI=1S/C41H46N10O8S/c1-60(58,59)26-7-4-22(5-8-26)44-37-35(36(42)53)43-18-32(46-37)49-14-2-3-23(19-49)45-39(55)34-29-20-50(21-30(29)34)24-12-15-48(16-13-24)25-6-9-27-28(17-25)41(57)51(40(27)56)31-10-11-33(52)47-38(31)54/h4-9,17-18,23-24,29-31,34H,2-3,10-16,19-21H2,1H3,(H2,42,53)(H,44,46)(H,45,55)(H,47,52,54). The van der Waals surface area contributed by atoms with Gasteiger partial charge in [-0.1, -0.05) is 0 Å². The van der Waals surface area contributed by atoms with Crippen molar-refractivity contribution in [2.45, 2.75) is 61.5 Å². The molecule has 5 aliphatic heterocycles. The highest BCUT2D eigenvalue weighted by atomic mass is 32.2. The highest BCUT2D eigenvalue weighted by Gasteiger charge is 2.60. The Morgan fingerprint density at radius 1 is 0.867 bits per heavy atom. The van der Waals surface area contributed by atoms with Gasteiger partial charge in [-0.25, -0.2) is 18.4 Å². The third-order valence-electron chi connectivity index (χ3n) is 12.9. The predicted molar refractivity (Wildman–Crippen MR) is 217 cm³/mol. The zero-order valence-corrected chi connectivity index (χ0v) is 33.8. The summed E-state index contributed by atoms with van der Waals surface area (Å²) in [6, 6.07) is 10.6. The number of amides is 6. The van der Waals surface area contributed by atoms with E-state index in [2.05, 4.69) is 35.7 Å². The molecule has 1 saturated carbocycles. The molecule has 1 aromatic heterocycles. The molecule has 0 radical (unpaired) electrons. The van der Waals surface area contributed by atoms with E-state index in [4.69, 9.17) is 5.73 Å². The van der Waals surface area contributed by atoms with Crippen LogP contribution in [0.2, 0.25) is 0 Å². The predicted octanol–water partition coefficient (Wildman–Crippen LogP) is 1.06. The number of hydrogen-bond acceptors (Lipinski definition) is 14. The summed E-state index contributed by atoms with van der Waals surface area (Å²) in [6.45, 7) is 4.53. The van der Waals surface area contributed by atoms with Crippen molar-refractivity contribution in [3.63, 3.8) is 0 Å². The smallest absolute Gasteiger partial charge is 0.271 e. The number of carbonyl (C=O) groups excluding carboxylic acids is 6. The zero-order valence-electron chi connectivity index (χ0n) is 33.0. The minimum absolute atomic E-state index is 0.0114. The molecule has 18 nitrogen and oxygen atoms in total. The molecule has 9 rings (SSSR count). The van der Waals surface area contributed by atoms with Gasteiger partial charge >= 0.3 is 0 Å². The second-order valence-electron chi connectivity index (χ2n) is 16.7. The number of benzene rings is 2. The lowest BCUT2D eigenvalue weighted by atomic mass is 10.0. The van der Waals surface area contributed by atoms with Gasteiger partial charge in [-0.15, -0.1) is 0 Å². The van der Waals surface area contributed by atoms with E-state index in [0.717, 1.165) is 68.7 Å². The minimum atomic E-state index is -3.38. The molecule has 4 saturated heterocycles. The maximum atomic E-state index is 13.6. The summed E-state index contributed by atoms with van der Waals surface area (Å²) in [7, 11) is -3.38. The molecule has 60 heavy (non-hydrogen) atoms. The molecule has 6 aliphatic rings. The number of hydrogen-bond donors (Lipinski definition) is 4. The zero-order chi connectivity index (χ0) is 42.0. The maximum Gasteiger partial charge on any atom is 0.271 e. The fourth-order valence-corrected chi connectivity index (χ4v) is 10.3. The van der Waals surface area contributed by atoms with Gasteiger partial charge in [0, 0.05) is 81.3 Å². The molecule has 6 amide bonds. The number of piperidine rings is 4. The summed E-state index contributed by atoms with van der Waals surface area (Å²) in [5.41, 5.74) is 7.45. The number of primary amides is 1. The van der Waals surface area contributed by atoms with Gasteiger partial charge in [0.25, 0.3) is 17.7 Å². The molecule has 4 unspecified atom stereocenters. The Morgan fingerprint density at radius 2 is 1.58 bits per heavy atom. The Labute approximate surface area is 346 Å². The quantitative estimate of drug-likeness (QED) is 0.209. The number of aromatic nitrogens is 2. The van der Waals surface area contributed by atoms with E-state index < -0.39 is 45.4 Å². The first-order valence-corrected chi connectivity index (χ1v) is 22.3. The number of anilines is 4. The third kappa shape index (κ3) is 7.44. The first kappa shape index (κ1) is 39.5. The average molecular weight is 839 g/mol. The fraction of sp³-hybridized carbons (Fsp3) is 0.463. The first-order valence-electron chi connectivity index (χ1n) is 20.4. The lowest BCUT2D eigenvalue weighted by molar-refractivity contribution is -0.136. The number of likely N-dealkylation sites (tertiary alicyclic amines) is 1. The second kappa shape index (κ2) is 15.3. The van der Waals surface area contributed by atoms with Crippen LogP contribution in [0.3, 0.4) is 0 Å². The van der Waals surface area contributed by atoms with Gasteiger partial charge in [0.05, 0.1) is 22.2 Å². The number of nitrogens with one attached hydrogen (secondary N) is 3. The maximum absolute atomic E-state index is 13.6. The summed E-state index contributed by atoms with van der Waals surface area (Å²) >= 11 is 0. The Hall–Kier alpha value is -5.95. The summed E-state index contributed by atoms with van der Waals surface area (Å²) < 4.78 is 23.8.